The van der Waals surface area contributed by atoms with Crippen LogP contribution in [0.3, 0.4) is 0 Å². The Kier molecular flexibility index (Phi) is 7.49. The van der Waals surface area contributed by atoms with E-state index in [-0.39, 0.29) is 31.4 Å². The molecule has 6 heteroatoms. The standard InChI is InChI=1S/C10H20N2O4/c1-3-11-7(2)6-9(14)12-8(4-5-13)10(15)16/h7-8,11,13H,3-6H2,1-2H3,(H,12,14)(H,15,16). The smallest absolute Gasteiger partial charge is 0.326 e. The van der Waals surface area contributed by atoms with E-state index < -0.39 is 12.0 Å². The maximum Gasteiger partial charge on any atom is 0.326 e. The number of hydrogen-bond donors (Lipinski definition) is 4. The first-order valence-corrected chi connectivity index (χ1v) is 5.37. The summed E-state index contributed by atoms with van der Waals surface area (Å²) in [6, 6.07) is -1.00. The van der Waals surface area contributed by atoms with Gasteiger partial charge in [0.05, 0.1) is 0 Å². The second-order valence-corrected chi connectivity index (χ2v) is 3.63. The maximum absolute atomic E-state index is 11.4. The molecule has 0 saturated heterocycles. The molecule has 0 radical (unpaired) electrons. The predicted octanol–water partition coefficient (Wildman–Crippen LogP) is -0.674. The van der Waals surface area contributed by atoms with Crippen molar-refractivity contribution in [2.75, 3.05) is 13.2 Å². The Balaban J connectivity index is 4.04. The third-order valence-electron chi connectivity index (χ3n) is 2.10. The number of carbonyl (C=O) groups excluding carboxylic acids is 1. The Morgan fingerprint density at radius 1 is 1.38 bits per heavy atom. The summed E-state index contributed by atoms with van der Waals surface area (Å²) in [4.78, 5) is 22.1. The van der Waals surface area contributed by atoms with Gasteiger partial charge in [0, 0.05) is 25.5 Å². The number of hydrogen-bond acceptors (Lipinski definition) is 4. The van der Waals surface area contributed by atoms with E-state index in [1.54, 1.807) is 0 Å². The van der Waals surface area contributed by atoms with E-state index in [0.29, 0.717) is 0 Å². The molecule has 0 rings (SSSR count). The van der Waals surface area contributed by atoms with Crippen molar-refractivity contribution < 1.29 is 19.8 Å². The molecule has 1 amide bonds. The van der Waals surface area contributed by atoms with Crippen LogP contribution in [-0.4, -0.2) is 47.3 Å². The average Bonchev–Trinajstić information content (AvgIpc) is 2.16. The highest BCUT2D eigenvalue weighted by molar-refractivity contribution is 5.83. The molecule has 2 unspecified atom stereocenters. The molecule has 2 atom stereocenters. The molecule has 0 spiro atoms. The monoisotopic (exact) mass is 232 g/mol. The highest BCUT2D eigenvalue weighted by Crippen LogP contribution is 1.95. The minimum atomic E-state index is -1.13. The third kappa shape index (κ3) is 6.36. The summed E-state index contributed by atoms with van der Waals surface area (Å²) in [5.41, 5.74) is 0. The van der Waals surface area contributed by atoms with Crippen LogP contribution in [0.4, 0.5) is 0 Å². The van der Waals surface area contributed by atoms with E-state index in [4.69, 9.17) is 10.2 Å². The van der Waals surface area contributed by atoms with Gasteiger partial charge in [0.15, 0.2) is 0 Å². The van der Waals surface area contributed by atoms with Crippen molar-refractivity contribution >= 4 is 11.9 Å². The van der Waals surface area contributed by atoms with Gasteiger partial charge in [-0.05, 0) is 13.5 Å². The Morgan fingerprint density at radius 3 is 2.44 bits per heavy atom. The summed E-state index contributed by atoms with van der Waals surface area (Å²) in [7, 11) is 0. The predicted molar refractivity (Wildman–Crippen MR) is 59.0 cm³/mol. The molecule has 0 bridgehead atoms. The van der Waals surface area contributed by atoms with E-state index in [1.807, 2.05) is 13.8 Å². The zero-order valence-electron chi connectivity index (χ0n) is 9.69. The molecule has 0 aromatic heterocycles. The molecule has 0 fully saturated rings. The fourth-order valence-electron chi connectivity index (χ4n) is 1.34. The lowest BCUT2D eigenvalue weighted by atomic mass is 10.2. The van der Waals surface area contributed by atoms with Crippen molar-refractivity contribution in [2.45, 2.75) is 38.8 Å². The first-order valence-electron chi connectivity index (χ1n) is 5.37. The lowest BCUT2D eigenvalue weighted by Gasteiger charge is -2.16. The van der Waals surface area contributed by atoms with E-state index in [2.05, 4.69) is 10.6 Å². The number of carboxylic acid groups (broad SMARTS) is 1. The van der Waals surface area contributed by atoms with Crippen molar-refractivity contribution in [1.82, 2.24) is 10.6 Å². The normalized spacial score (nSPS) is 14.2. The molecule has 16 heavy (non-hydrogen) atoms. The van der Waals surface area contributed by atoms with Gasteiger partial charge in [-0.1, -0.05) is 6.92 Å². The number of carbonyl (C=O) groups is 2. The molecule has 94 valence electrons. The van der Waals surface area contributed by atoms with Crippen LogP contribution in [0.15, 0.2) is 0 Å². The summed E-state index contributed by atoms with van der Waals surface area (Å²) in [5, 5.41) is 22.8. The molecular formula is C10H20N2O4. The van der Waals surface area contributed by atoms with E-state index >= 15 is 0 Å². The van der Waals surface area contributed by atoms with E-state index in [1.165, 1.54) is 0 Å². The zero-order chi connectivity index (χ0) is 12.6. The van der Waals surface area contributed by atoms with Crippen LogP contribution in [0.2, 0.25) is 0 Å². The lowest BCUT2D eigenvalue weighted by Crippen LogP contribution is -2.43. The van der Waals surface area contributed by atoms with Gasteiger partial charge in [0.1, 0.15) is 6.04 Å². The van der Waals surface area contributed by atoms with Gasteiger partial charge in [-0.3, -0.25) is 4.79 Å². The minimum absolute atomic E-state index is 0.00794. The van der Waals surface area contributed by atoms with Crippen molar-refractivity contribution in [2.24, 2.45) is 0 Å². The molecule has 4 N–H and O–H groups in total. The van der Waals surface area contributed by atoms with E-state index in [0.717, 1.165) is 6.54 Å². The second kappa shape index (κ2) is 8.06. The molecule has 0 saturated carbocycles. The lowest BCUT2D eigenvalue weighted by molar-refractivity contribution is -0.142. The van der Waals surface area contributed by atoms with Gasteiger partial charge in [0.25, 0.3) is 0 Å². The SMILES string of the molecule is CCNC(C)CC(=O)NC(CCO)C(=O)O. The number of nitrogens with one attached hydrogen (secondary N) is 2. The quantitative estimate of drug-likeness (QED) is 0.445. The zero-order valence-corrected chi connectivity index (χ0v) is 9.69. The molecule has 0 aromatic rings. The summed E-state index contributed by atoms with van der Waals surface area (Å²) in [6.45, 7) is 4.28. The first kappa shape index (κ1) is 14.9. The fourth-order valence-corrected chi connectivity index (χ4v) is 1.34. The van der Waals surface area contributed by atoms with Crippen molar-refractivity contribution in [3.05, 3.63) is 0 Å². The van der Waals surface area contributed by atoms with Gasteiger partial charge in [0.2, 0.25) is 5.91 Å². The number of aliphatic hydroxyl groups excluding tert-OH is 1. The Bertz CT molecular complexity index is 233. The molecule has 0 heterocycles. The highest BCUT2D eigenvalue weighted by Gasteiger charge is 2.19. The molecule has 0 aliphatic heterocycles. The number of aliphatic carboxylic acids is 1. The number of amides is 1. The molecule has 0 aliphatic rings. The minimum Gasteiger partial charge on any atom is -0.480 e. The Hall–Kier alpha value is -1.14. The highest BCUT2D eigenvalue weighted by atomic mass is 16.4. The molecule has 6 nitrogen and oxygen atoms in total. The number of rotatable bonds is 8. The van der Waals surface area contributed by atoms with Gasteiger partial charge in [-0.25, -0.2) is 4.79 Å². The van der Waals surface area contributed by atoms with Crippen LogP contribution in [0, 0.1) is 0 Å². The van der Waals surface area contributed by atoms with Crippen LogP contribution >= 0.6 is 0 Å². The number of aliphatic hydroxyl groups is 1. The molecule has 0 aromatic carbocycles. The van der Waals surface area contributed by atoms with Gasteiger partial charge in [-0.2, -0.15) is 0 Å². The van der Waals surface area contributed by atoms with Crippen molar-refractivity contribution in [3.8, 4) is 0 Å². The van der Waals surface area contributed by atoms with Crippen LogP contribution in [0.1, 0.15) is 26.7 Å². The van der Waals surface area contributed by atoms with E-state index in [9.17, 15) is 9.59 Å². The third-order valence-corrected chi connectivity index (χ3v) is 2.10. The van der Waals surface area contributed by atoms with Crippen molar-refractivity contribution in [1.29, 1.82) is 0 Å². The molecular weight excluding hydrogens is 212 g/mol. The van der Waals surface area contributed by atoms with Gasteiger partial charge >= 0.3 is 5.97 Å². The second-order valence-electron chi connectivity index (χ2n) is 3.63. The first-order chi connectivity index (χ1) is 7.51. The van der Waals surface area contributed by atoms with Crippen molar-refractivity contribution in [3.63, 3.8) is 0 Å². The maximum atomic E-state index is 11.4. The van der Waals surface area contributed by atoms with Crippen LogP contribution < -0.4 is 10.6 Å². The van der Waals surface area contributed by atoms with Crippen LogP contribution in [0.5, 0.6) is 0 Å². The average molecular weight is 232 g/mol. The van der Waals surface area contributed by atoms with Gasteiger partial charge < -0.3 is 20.8 Å². The van der Waals surface area contributed by atoms with Crippen LogP contribution in [0.25, 0.3) is 0 Å². The van der Waals surface area contributed by atoms with Gasteiger partial charge in [-0.15, -0.1) is 0 Å². The summed E-state index contributed by atoms with van der Waals surface area (Å²) in [5.74, 6) is -1.45. The fraction of sp³-hybridized carbons (Fsp3) is 0.800. The summed E-state index contributed by atoms with van der Waals surface area (Å²) >= 11 is 0. The Labute approximate surface area is 95.0 Å². The molecule has 0 aliphatic carbocycles. The largest absolute Gasteiger partial charge is 0.480 e. The summed E-state index contributed by atoms with van der Waals surface area (Å²) in [6.07, 6.45) is 0.250. The Morgan fingerprint density at radius 2 is 2.00 bits per heavy atom. The topological polar surface area (TPSA) is 98.7 Å². The summed E-state index contributed by atoms with van der Waals surface area (Å²) < 4.78 is 0. The number of carboxylic acids is 1. The van der Waals surface area contributed by atoms with Crippen LogP contribution in [-0.2, 0) is 9.59 Å².